The summed E-state index contributed by atoms with van der Waals surface area (Å²) in [5.74, 6) is -0.128. The number of nitrogens with two attached hydrogens (primary N) is 1. The first-order valence-electron chi connectivity index (χ1n) is 3.63. The van der Waals surface area contributed by atoms with Crippen molar-refractivity contribution in [3.8, 4) is 11.8 Å². The molecule has 0 aliphatic heterocycles. The van der Waals surface area contributed by atoms with Crippen LogP contribution in [0.15, 0.2) is 18.2 Å². The van der Waals surface area contributed by atoms with E-state index in [-0.39, 0.29) is 11.7 Å². The van der Waals surface area contributed by atoms with Gasteiger partial charge in [-0.05, 0) is 24.6 Å². The van der Waals surface area contributed by atoms with Crippen LogP contribution in [0, 0.1) is 11.3 Å². The molecule has 0 aromatic heterocycles. The predicted octanol–water partition coefficient (Wildman–Crippen LogP) is 1.60. The van der Waals surface area contributed by atoms with Gasteiger partial charge in [-0.25, -0.2) is 0 Å². The lowest BCUT2D eigenvalue weighted by Gasteiger charge is -2.04. The Hall–Kier alpha value is -1.69. The third-order valence-corrected chi connectivity index (χ3v) is 1.75. The molecule has 12 heavy (non-hydrogen) atoms. The van der Waals surface area contributed by atoms with E-state index in [2.05, 4.69) is 6.07 Å². The van der Waals surface area contributed by atoms with Crippen LogP contribution in [0.5, 0.6) is 5.75 Å². The van der Waals surface area contributed by atoms with Gasteiger partial charge in [-0.1, -0.05) is 6.07 Å². The maximum Gasteiger partial charge on any atom is 0.138 e. The summed E-state index contributed by atoms with van der Waals surface area (Å²) in [6.45, 7) is 1.78. The summed E-state index contributed by atoms with van der Waals surface area (Å²) in [6.07, 6.45) is 0. The molecule has 0 spiro atoms. The lowest BCUT2D eigenvalue weighted by atomic mass is 10.0. The number of phenolic OH excluding ortho intramolecular Hbond substituents is 1. The smallest absolute Gasteiger partial charge is 0.138 e. The molecular weight excluding hydrogens is 152 g/mol. The summed E-state index contributed by atoms with van der Waals surface area (Å²) >= 11 is 0. The minimum absolute atomic E-state index is 0.0592. The Balaban J connectivity index is 3.06. The number of benzene rings is 1. The van der Waals surface area contributed by atoms with Crippen molar-refractivity contribution in [3.05, 3.63) is 23.8 Å². The highest BCUT2D eigenvalue weighted by atomic mass is 16.3. The van der Waals surface area contributed by atoms with Crippen molar-refractivity contribution >= 4 is 5.69 Å². The van der Waals surface area contributed by atoms with E-state index in [1.165, 1.54) is 6.07 Å². The van der Waals surface area contributed by atoms with Gasteiger partial charge in [0.1, 0.15) is 5.75 Å². The van der Waals surface area contributed by atoms with Crippen molar-refractivity contribution in [2.45, 2.75) is 12.8 Å². The van der Waals surface area contributed by atoms with Crippen molar-refractivity contribution in [2.24, 2.45) is 0 Å². The number of nitriles is 1. The van der Waals surface area contributed by atoms with Crippen LogP contribution in [0.1, 0.15) is 18.4 Å². The first-order valence-corrected chi connectivity index (χ1v) is 3.63. The molecule has 3 nitrogen and oxygen atoms in total. The van der Waals surface area contributed by atoms with Gasteiger partial charge in [0.2, 0.25) is 0 Å². The number of hydrogen-bond acceptors (Lipinski definition) is 3. The fourth-order valence-electron chi connectivity index (χ4n) is 0.917. The molecule has 1 unspecified atom stereocenters. The molecule has 1 aromatic carbocycles. The second kappa shape index (κ2) is 3.14. The predicted molar refractivity (Wildman–Crippen MR) is 46.5 cm³/mol. The average Bonchev–Trinajstić information content (AvgIpc) is 2.08. The monoisotopic (exact) mass is 162 g/mol. The van der Waals surface area contributed by atoms with Crippen molar-refractivity contribution in [2.75, 3.05) is 5.73 Å². The summed E-state index contributed by atoms with van der Waals surface area (Å²) in [4.78, 5) is 0. The number of hydrogen-bond donors (Lipinski definition) is 2. The minimum Gasteiger partial charge on any atom is -0.506 e. The standard InChI is InChI=1S/C9H10N2O/c1-6(5-10)7-2-3-9(12)8(11)4-7/h2-4,6,12H,11H2,1H3. The van der Waals surface area contributed by atoms with Gasteiger partial charge in [0.25, 0.3) is 0 Å². The molecule has 0 aliphatic rings. The maximum atomic E-state index is 9.09. The van der Waals surface area contributed by atoms with E-state index in [1.54, 1.807) is 19.1 Å². The molecule has 3 heteroatoms. The zero-order valence-corrected chi connectivity index (χ0v) is 6.78. The van der Waals surface area contributed by atoms with E-state index in [0.29, 0.717) is 5.69 Å². The third kappa shape index (κ3) is 1.48. The largest absolute Gasteiger partial charge is 0.506 e. The Kier molecular flexibility index (Phi) is 2.20. The number of rotatable bonds is 1. The maximum absolute atomic E-state index is 9.09. The van der Waals surface area contributed by atoms with Gasteiger partial charge in [0.05, 0.1) is 17.7 Å². The Labute approximate surface area is 71.1 Å². The van der Waals surface area contributed by atoms with Gasteiger partial charge in [0, 0.05) is 0 Å². The first kappa shape index (κ1) is 8.41. The highest BCUT2D eigenvalue weighted by Crippen LogP contribution is 2.24. The molecule has 0 fully saturated rings. The van der Waals surface area contributed by atoms with Crippen LogP contribution in [0.3, 0.4) is 0 Å². The lowest BCUT2D eigenvalue weighted by Crippen LogP contribution is -1.92. The number of nitrogen functional groups attached to an aromatic ring is 1. The number of phenols is 1. The quantitative estimate of drug-likeness (QED) is 0.486. The Morgan fingerprint density at radius 2 is 2.25 bits per heavy atom. The van der Waals surface area contributed by atoms with Crippen LogP contribution < -0.4 is 5.73 Å². The first-order chi connectivity index (χ1) is 5.65. The second-order valence-corrected chi connectivity index (χ2v) is 2.67. The normalized spacial score (nSPS) is 12.0. The molecular formula is C9H10N2O. The topological polar surface area (TPSA) is 70.0 Å². The molecule has 0 heterocycles. The summed E-state index contributed by atoms with van der Waals surface area (Å²) < 4.78 is 0. The number of anilines is 1. The fourth-order valence-corrected chi connectivity index (χ4v) is 0.917. The van der Waals surface area contributed by atoms with Crippen molar-refractivity contribution in [1.29, 1.82) is 5.26 Å². The van der Waals surface area contributed by atoms with E-state index < -0.39 is 0 Å². The highest BCUT2D eigenvalue weighted by Gasteiger charge is 2.05. The van der Waals surface area contributed by atoms with E-state index in [0.717, 1.165) is 5.56 Å². The number of aromatic hydroxyl groups is 1. The molecule has 0 saturated heterocycles. The van der Waals surface area contributed by atoms with E-state index >= 15 is 0 Å². The molecule has 1 atom stereocenters. The number of nitrogens with zero attached hydrogens (tertiary/aromatic N) is 1. The van der Waals surface area contributed by atoms with Crippen LogP contribution in [0.4, 0.5) is 5.69 Å². The van der Waals surface area contributed by atoms with Crippen molar-refractivity contribution < 1.29 is 5.11 Å². The zero-order chi connectivity index (χ0) is 9.14. The fraction of sp³-hybridized carbons (Fsp3) is 0.222. The van der Waals surface area contributed by atoms with Crippen molar-refractivity contribution in [3.63, 3.8) is 0 Å². The van der Waals surface area contributed by atoms with Crippen LogP contribution in [0.2, 0.25) is 0 Å². The summed E-state index contributed by atoms with van der Waals surface area (Å²) in [6, 6.07) is 6.90. The van der Waals surface area contributed by atoms with Gasteiger partial charge in [0.15, 0.2) is 0 Å². The summed E-state index contributed by atoms with van der Waals surface area (Å²) in [5.41, 5.74) is 6.59. The lowest BCUT2D eigenvalue weighted by molar-refractivity contribution is 0.477. The van der Waals surface area contributed by atoms with Crippen LogP contribution in [0.25, 0.3) is 0 Å². The molecule has 1 aromatic rings. The molecule has 0 radical (unpaired) electrons. The molecule has 0 amide bonds. The molecule has 0 aliphatic carbocycles. The zero-order valence-electron chi connectivity index (χ0n) is 6.78. The van der Waals surface area contributed by atoms with Crippen molar-refractivity contribution in [1.82, 2.24) is 0 Å². The SMILES string of the molecule is CC(C#N)c1ccc(O)c(N)c1. The Morgan fingerprint density at radius 1 is 1.58 bits per heavy atom. The Bertz CT molecular complexity index is 328. The van der Waals surface area contributed by atoms with Gasteiger partial charge in [-0.15, -0.1) is 0 Å². The molecule has 3 N–H and O–H groups in total. The minimum atomic E-state index is -0.187. The van der Waals surface area contributed by atoms with E-state index in [1.807, 2.05) is 0 Å². The molecule has 0 bridgehead atoms. The van der Waals surface area contributed by atoms with E-state index in [4.69, 9.17) is 16.1 Å². The molecule has 0 saturated carbocycles. The summed E-state index contributed by atoms with van der Waals surface area (Å²) in [7, 11) is 0. The average molecular weight is 162 g/mol. The van der Waals surface area contributed by atoms with Crippen LogP contribution in [-0.2, 0) is 0 Å². The second-order valence-electron chi connectivity index (χ2n) is 2.67. The van der Waals surface area contributed by atoms with Gasteiger partial charge >= 0.3 is 0 Å². The highest BCUT2D eigenvalue weighted by molar-refractivity contribution is 5.54. The third-order valence-electron chi connectivity index (χ3n) is 1.75. The van der Waals surface area contributed by atoms with Gasteiger partial charge < -0.3 is 10.8 Å². The van der Waals surface area contributed by atoms with E-state index in [9.17, 15) is 0 Å². The molecule has 62 valence electrons. The van der Waals surface area contributed by atoms with Gasteiger partial charge in [-0.2, -0.15) is 5.26 Å². The van der Waals surface area contributed by atoms with Gasteiger partial charge in [-0.3, -0.25) is 0 Å². The van der Waals surface area contributed by atoms with Crippen LogP contribution in [-0.4, -0.2) is 5.11 Å². The molecule has 1 rings (SSSR count). The Morgan fingerprint density at radius 3 is 2.75 bits per heavy atom. The van der Waals surface area contributed by atoms with Crippen LogP contribution >= 0.6 is 0 Å². The summed E-state index contributed by atoms with van der Waals surface area (Å²) in [5, 5.41) is 17.7.